The van der Waals surface area contributed by atoms with Gasteiger partial charge in [-0.1, -0.05) is 44.5 Å². The smallest absolute Gasteiger partial charge is 0.129 e. The minimum atomic E-state index is 0.812. The van der Waals surface area contributed by atoms with Gasteiger partial charge in [0.1, 0.15) is 12.1 Å². The van der Waals surface area contributed by atoms with Crippen LogP contribution in [0.5, 0.6) is 0 Å². The largest absolute Gasteiger partial charge is 0.366 e. The maximum absolute atomic E-state index is 4.27. The molecule has 0 bridgehead atoms. The molecule has 0 saturated heterocycles. The molecule has 0 fully saturated rings. The highest BCUT2D eigenvalue weighted by molar-refractivity contribution is 5.38. The van der Waals surface area contributed by atoms with E-state index in [1.54, 1.807) is 6.33 Å². The highest BCUT2D eigenvalue weighted by Gasteiger charge is 2.01. The van der Waals surface area contributed by atoms with E-state index in [1.807, 2.05) is 6.07 Å². The van der Waals surface area contributed by atoms with Gasteiger partial charge >= 0.3 is 0 Å². The molecule has 3 nitrogen and oxygen atoms in total. The van der Waals surface area contributed by atoms with Crippen LogP contribution in [0.25, 0.3) is 0 Å². The van der Waals surface area contributed by atoms with E-state index in [0.717, 1.165) is 37.3 Å². The zero-order valence-corrected chi connectivity index (χ0v) is 11.7. The number of hydrogen-bond donors (Lipinski definition) is 1. The highest BCUT2D eigenvalue weighted by atomic mass is 15.0. The summed E-state index contributed by atoms with van der Waals surface area (Å²) in [7, 11) is 0. The van der Waals surface area contributed by atoms with Gasteiger partial charge in [-0.25, -0.2) is 9.97 Å². The predicted molar refractivity (Wildman–Crippen MR) is 79.2 cm³/mol. The second-order valence-corrected chi connectivity index (χ2v) is 4.62. The normalized spacial score (nSPS) is 10.4. The molecule has 0 aliphatic rings. The summed E-state index contributed by atoms with van der Waals surface area (Å²) in [6.45, 7) is 5.15. The van der Waals surface area contributed by atoms with E-state index in [9.17, 15) is 0 Å². The third kappa shape index (κ3) is 3.78. The van der Waals surface area contributed by atoms with Gasteiger partial charge in [-0.2, -0.15) is 0 Å². The molecule has 0 aliphatic carbocycles. The van der Waals surface area contributed by atoms with Gasteiger partial charge in [0.2, 0.25) is 0 Å². The van der Waals surface area contributed by atoms with E-state index in [1.165, 1.54) is 11.1 Å². The third-order valence-electron chi connectivity index (χ3n) is 3.19. The summed E-state index contributed by atoms with van der Waals surface area (Å²) >= 11 is 0. The van der Waals surface area contributed by atoms with Crippen molar-refractivity contribution in [2.75, 3.05) is 5.32 Å². The fourth-order valence-electron chi connectivity index (χ4n) is 2.15. The molecular weight excluding hydrogens is 234 g/mol. The van der Waals surface area contributed by atoms with Gasteiger partial charge in [-0.15, -0.1) is 0 Å². The lowest BCUT2D eigenvalue weighted by Crippen LogP contribution is -2.05. The lowest BCUT2D eigenvalue weighted by Gasteiger charge is -2.10. The Balaban J connectivity index is 2.03. The quantitative estimate of drug-likeness (QED) is 0.857. The molecule has 0 aliphatic heterocycles. The summed E-state index contributed by atoms with van der Waals surface area (Å²) in [6.07, 6.45) is 4.81. The minimum absolute atomic E-state index is 0.812. The fraction of sp³-hybridized carbons (Fsp3) is 0.375. The first kappa shape index (κ1) is 13.5. The average Bonchev–Trinajstić information content (AvgIpc) is 2.46. The number of nitrogens with zero attached hydrogens (tertiary/aromatic N) is 2. The Hall–Kier alpha value is -1.90. The molecule has 1 aromatic carbocycles. The molecule has 2 rings (SSSR count). The number of aromatic nitrogens is 2. The predicted octanol–water partition coefficient (Wildman–Crippen LogP) is 3.60. The Morgan fingerprint density at radius 2 is 1.84 bits per heavy atom. The van der Waals surface area contributed by atoms with Gasteiger partial charge in [0.25, 0.3) is 0 Å². The molecule has 0 saturated carbocycles. The van der Waals surface area contributed by atoms with Crippen molar-refractivity contribution >= 4 is 5.82 Å². The summed E-state index contributed by atoms with van der Waals surface area (Å²) in [4.78, 5) is 8.54. The number of benzene rings is 1. The maximum Gasteiger partial charge on any atom is 0.129 e. The van der Waals surface area contributed by atoms with Crippen LogP contribution in [0.15, 0.2) is 36.7 Å². The van der Waals surface area contributed by atoms with E-state index in [-0.39, 0.29) is 0 Å². The Morgan fingerprint density at radius 1 is 1.05 bits per heavy atom. The van der Waals surface area contributed by atoms with E-state index in [0.29, 0.717) is 0 Å². The Labute approximate surface area is 115 Å². The monoisotopic (exact) mass is 255 g/mol. The SMILES string of the molecule is CCCc1cc(NCc2ccccc2CC)ncn1. The molecule has 1 N–H and O–H groups in total. The summed E-state index contributed by atoms with van der Waals surface area (Å²) in [5.41, 5.74) is 3.82. The molecular formula is C16H21N3. The second kappa shape index (κ2) is 6.88. The van der Waals surface area contributed by atoms with Gasteiger partial charge in [-0.05, 0) is 24.0 Å². The number of anilines is 1. The van der Waals surface area contributed by atoms with Crippen LogP contribution in [0.2, 0.25) is 0 Å². The molecule has 1 heterocycles. The van der Waals surface area contributed by atoms with Gasteiger partial charge in [0.05, 0.1) is 0 Å². The van der Waals surface area contributed by atoms with Gasteiger partial charge in [0, 0.05) is 18.3 Å². The molecule has 0 radical (unpaired) electrons. The van der Waals surface area contributed by atoms with Crippen molar-refractivity contribution in [2.45, 2.75) is 39.7 Å². The average molecular weight is 255 g/mol. The summed E-state index contributed by atoms with van der Waals surface area (Å²) in [5.74, 6) is 0.907. The van der Waals surface area contributed by atoms with Crippen molar-refractivity contribution < 1.29 is 0 Å². The van der Waals surface area contributed by atoms with Crippen molar-refractivity contribution in [1.82, 2.24) is 9.97 Å². The van der Waals surface area contributed by atoms with Crippen molar-refractivity contribution in [3.63, 3.8) is 0 Å². The Bertz CT molecular complexity index is 523. The van der Waals surface area contributed by atoms with Gasteiger partial charge in [-0.3, -0.25) is 0 Å². The standard InChI is InChI=1S/C16H21N3/c1-3-7-15-10-16(19-12-18-15)17-11-14-9-6-5-8-13(14)4-2/h5-6,8-10,12H,3-4,7,11H2,1-2H3,(H,17,18,19). The van der Waals surface area contributed by atoms with Crippen molar-refractivity contribution in [2.24, 2.45) is 0 Å². The van der Waals surface area contributed by atoms with Crippen molar-refractivity contribution in [3.8, 4) is 0 Å². The van der Waals surface area contributed by atoms with Gasteiger partial charge in [0.15, 0.2) is 0 Å². The van der Waals surface area contributed by atoms with Crippen LogP contribution in [0.1, 0.15) is 37.1 Å². The molecule has 0 amide bonds. The fourth-order valence-corrected chi connectivity index (χ4v) is 2.15. The lowest BCUT2D eigenvalue weighted by atomic mass is 10.1. The number of rotatable bonds is 6. The summed E-state index contributed by atoms with van der Waals surface area (Å²) in [5, 5.41) is 3.38. The third-order valence-corrected chi connectivity index (χ3v) is 3.19. The van der Waals surface area contributed by atoms with Crippen LogP contribution >= 0.6 is 0 Å². The molecule has 3 heteroatoms. The van der Waals surface area contributed by atoms with E-state index < -0.39 is 0 Å². The topological polar surface area (TPSA) is 37.8 Å². The van der Waals surface area contributed by atoms with E-state index in [2.05, 4.69) is 53.4 Å². The Kier molecular flexibility index (Phi) is 4.90. The number of aryl methyl sites for hydroxylation is 2. The first-order chi connectivity index (χ1) is 9.33. The first-order valence-electron chi connectivity index (χ1n) is 6.95. The maximum atomic E-state index is 4.27. The lowest BCUT2D eigenvalue weighted by molar-refractivity contribution is 0.871. The summed E-state index contributed by atoms with van der Waals surface area (Å²) < 4.78 is 0. The molecule has 0 spiro atoms. The molecule has 19 heavy (non-hydrogen) atoms. The van der Waals surface area contributed by atoms with Crippen LogP contribution in [0, 0.1) is 0 Å². The summed E-state index contributed by atoms with van der Waals surface area (Å²) in [6, 6.07) is 10.6. The van der Waals surface area contributed by atoms with Crippen LogP contribution in [-0.2, 0) is 19.4 Å². The molecule has 1 aromatic heterocycles. The zero-order valence-electron chi connectivity index (χ0n) is 11.7. The zero-order chi connectivity index (χ0) is 13.5. The molecule has 100 valence electrons. The highest BCUT2D eigenvalue weighted by Crippen LogP contribution is 2.12. The number of nitrogens with one attached hydrogen (secondary N) is 1. The van der Waals surface area contributed by atoms with E-state index >= 15 is 0 Å². The van der Waals surface area contributed by atoms with Crippen LogP contribution in [0.4, 0.5) is 5.82 Å². The molecule has 0 atom stereocenters. The van der Waals surface area contributed by atoms with Crippen molar-refractivity contribution in [3.05, 3.63) is 53.5 Å². The van der Waals surface area contributed by atoms with Crippen LogP contribution in [-0.4, -0.2) is 9.97 Å². The first-order valence-corrected chi connectivity index (χ1v) is 6.95. The minimum Gasteiger partial charge on any atom is -0.366 e. The molecule has 0 unspecified atom stereocenters. The van der Waals surface area contributed by atoms with Gasteiger partial charge < -0.3 is 5.32 Å². The molecule has 2 aromatic rings. The second-order valence-electron chi connectivity index (χ2n) is 4.62. The Morgan fingerprint density at radius 3 is 2.58 bits per heavy atom. The van der Waals surface area contributed by atoms with E-state index in [4.69, 9.17) is 0 Å². The van der Waals surface area contributed by atoms with Crippen LogP contribution in [0.3, 0.4) is 0 Å². The number of hydrogen-bond acceptors (Lipinski definition) is 3. The van der Waals surface area contributed by atoms with Crippen LogP contribution < -0.4 is 5.32 Å². The van der Waals surface area contributed by atoms with Crippen molar-refractivity contribution in [1.29, 1.82) is 0 Å².